The van der Waals surface area contributed by atoms with Crippen molar-refractivity contribution in [3.8, 4) is 0 Å². The zero-order valence-electron chi connectivity index (χ0n) is 16.1. The van der Waals surface area contributed by atoms with E-state index in [4.69, 9.17) is 4.74 Å². The van der Waals surface area contributed by atoms with Crippen molar-refractivity contribution in [2.45, 2.75) is 31.0 Å². The van der Waals surface area contributed by atoms with Crippen molar-refractivity contribution in [3.05, 3.63) is 116 Å². The van der Waals surface area contributed by atoms with Crippen molar-refractivity contribution < 1.29 is 14.6 Å². The maximum atomic E-state index is 11.0. The number of non-ortho nitro benzene ring substituents is 2. The molecule has 1 saturated heterocycles. The van der Waals surface area contributed by atoms with Crippen LogP contribution in [0.15, 0.2) is 78.9 Å². The minimum atomic E-state index is -0.419. The summed E-state index contributed by atoms with van der Waals surface area (Å²) >= 11 is 0. The lowest BCUT2D eigenvalue weighted by Gasteiger charge is -2.36. The van der Waals surface area contributed by atoms with Crippen LogP contribution in [0, 0.1) is 20.2 Å². The van der Waals surface area contributed by atoms with Crippen molar-refractivity contribution >= 4 is 11.4 Å². The number of nitro benzene ring substituents is 2. The van der Waals surface area contributed by atoms with Crippen molar-refractivity contribution in [3.63, 3.8) is 0 Å². The second-order valence-corrected chi connectivity index (χ2v) is 7.39. The maximum Gasteiger partial charge on any atom is 0.269 e. The molecule has 0 saturated carbocycles. The molecule has 3 atom stereocenters. The largest absolute Gasteiger partial charge is 0.366 e. The molecule has 3 aromatic rings. The molecular weight excluding hydrogens is 384 g/mol. The molecule has 30 heavy (non-hydrogen) atoms. The zero-order chi connectivity index (χ0) is 21.1. The average Bonchev–Trinajstić information content (AvgIpc) is 2.79. The summed E-state index contributed by atoms with van der Waals surface area (Å²) in [7, 11) is 0. The van der Waals surface area contributed by atoms with E-state index < -0.39 is 9.85 Å². The van der Waals surface area contributed by atoms with Gasteiger partial charge in [-0.25, -0.2) is 0 Å². The second kappa shape index (κ2) is 8.42. The van der Waals surface area contributed by atoms with E-state index in [2.05, 4.69) is 12.1 Å². The molecule has 0 N–H and O–H groups in total. The van der Waals surface area contributed by atoms with E-state index >= 15 is 0 Å². The van der Waals surface area contributed by atoms with Gasteiger partial charge in [-0.1, -0.05) is 30.3 Å². The molecule has 7 nitrogen and oxygen atoms in total. The third kappa shape index (κ3) is 4.21. The van der Waals surface area contributed by atoms with Crippen LogP contribution in [0.3, 0.4) is 0 Å². The van der Waals surface area contributed by atoms with Gasteiger partial charge in [0.05, 0.1) is 22.1 Å². The van der Waals surface area contributed by atoms with Crippen LogP contribution in [0.4, 0.5) is 11.4 Å². The van der Waals surface area contributed by atoms with E-state index in [1.807, 2.05) is 18.2 Å². The Kier molecular flexibility index (Phi) is 5.54. The molecule has 1 aliphatic heterocycles. The smallest absolute Gasteiger partial charge is 0.269 e. The molecule has 7 heteroatoms. The lowest BCUT2D eigenvalue weighted by molar-refractivity contribution is -0.385. The predicted octanol–water partition coefficient (Wildman–Crippen LogP) is 5.88. The predicted molar refractivity (Wildman–Crippen MR) is 111 cm³/mol. The lowest BCUT2D eigenvalue weighted by atomic mass is 9.82. The first kappa shape index (κ1) is 19.7. The molecule has 0 aliphatic carbocycles. The molecule has 0 radical (unpaired) electrons. The monoisotopic (exact) mass is 404 g/mol. The van der Waals surface area contributed by atoms with E-state index in [0.717, 1.165) is 24.0 Å². The van der Waals surface area contributed by atoms with Gasteiger partial charge in [0.2, 0.25) is 0 Å². The molecule has 1 aliphatic rings. The molecule has 0 bridgehead atoms. The van der Waals surface area contributed by atoms with Crippen LogP contribution >= 0.6 is 0 Å². The molecular formula is C23H20N2O5. The van der Waals surface area contributed by atoms with Crippen LogP contribution in [0.1, 0.15) is 47.7 Å². The zero-order valence-corrected chi connectivity index (χ0v) is 16.1. The summed E-state index contributed by atoms with van der Waals surface area (Å²) in [5.41, 5.74) is 3.06. The van der Waals surface area contributed by atoms with Gasteiger partial charge in [-0.3, -0.25) is 20.2 Å². The van der Waals surface area contributed by atoms with Crippen LogP contribution in [-0.2, 0) is 4.74 Å². The standard InChI is InChI=1S/C23H20N2O5/c26-24(27)20-10-6-17(7-11-20)22-14-19(16-4-2-1-3-5-16)15-23(30-22)18-8-12-21(13-9-18)25(28)29/h1-13,19,22-23H,14-15H2/t19?,22-,23+. The first-order valence-corrected chi connectivity index (χ1v) is 9.70. The number of ether oxygens (including phenoxy) is 1. The summed E-state index contributed by atoms with van der Waals surface area (Å²) in [6, 6.07) is 23.1. The van der Waals surface area contributed by atoms with Crippen molar-refractivity contribution in [1.82, 2.24) is 0 Å². The van der Waals surface area contributed by atoms with Gasteiger partial charge in [0.1, 0.15) is 0 Å². The number of nitrogens with zero attached hydrogens (tertiary/aromatic N) is 2. The molecule has 1 unspecified atom stereocenters. The average molecular weight is 404 g/mol. The van der Waals surface area contributed by atoms with Crippen molar-refractivity contribution in [1.29, 1.82) is 0 Å². The Morgan fingerprint density at radius 2 is 1.07 bits per heavy atom. The van der Waals surface area contributed by atoms with Gasteiger partial charge in [-0.15, -0.1) is 0 Å². The molecule has 0 aromatic heterocycles. The summed E-state index contributed by atoms with van der Waals surface area (Å²) in [5.74, 6) is 0.236. The Labute approximate surface area is 173 Å². The summed E-state index contributed by atoms with van der Waals surface area (Å²) in [6.45, 7) is 0. The van der Waals surface area contributed by atoms with Crippen molar-refractivity contribution in [2.24, 2.45) is 0 Å². The van der Waals surface area contributed by atoms with E-state index in [0.29, 0.717) is 0 Å². The molecule has 0 amide bonds. The van der Waals surface area contributed by atoms with Gasteiger partial charge < -0.3 is 4.74 Å². The minimum Gasteiger partial charge on any atom is -0.366 e. The second-order valence-electron chi connectivity index (χ2n) is 7.39. The van der Waals surface area contributed by atoms with Gasteiger partial charge in [0.15, 0.2) is 0 Å². The third-order valence-corrected chi connectivity index (χ3v) is 5.55. The van der Waals surface area contributed by atoms with Gasteiger partial charge in [0, 0.05) is 24.3 Å². The number of benzene rings is 3. The number of nitro groups is 2. The number of hydrogen-bond donors (Lipinski definition) is 0. The van der Waals surface area contributed by atoms with Gasteiger partial charge in [-0.2, -0.15) is 0 Å². The molecule has 0 spiro atoms. The fourth-order valence-corrected chi connectivity index (χ4v) is 3.97. The van der Waals surface area contributed by atoms with Gasteiger partial charge >= 0.3 is 0 Å². The first-order chi connectivity index (χ1) is 14.5. The topological polar surface area (TPSA) is 95.5 Å². The summed E-state index contributed by atoms with van der Waals surface area (Å²) < 4.78 is 6.37. The van der Waals surface area contributed by atoms with Crippen LogP contribution in [0.2, 0.25) is 0 Å². The Balaban J connectivity index is 1.64. The maximum absolute atomic E-state index is 11.0. The minimum absolute atomic E-state index is 0.0427. The highest BCUT2D eigenvalue weighted by Gasteiger charge is 2.32. The Bertz CT molecular complexity index is 970. The van der Waals surface area contributed by atoms with Gasteiger partial charge in [0.25, 0.3) is 11.4 Å². The third-order valence-electron chi connectivity index (χ3n) is 5.55. The molecule has 3 aromatic carbocycles. The van der Waals surface area contributed by atoms with Crippen LogP contribution in [0.5, 0.6) is 0 Å². The van der Waals surface area contributed by atoms with Crippen LogP contribution in [-0.4, -0.2) is 9.85 Å². The fourth-order valence-electron chi connectivity index (χ4n) is 3.97. The quantitative estimate of drug-likeness (QED) is 0.391. The molecule has 1 heterocycles. The fraction of sp³-hybridized carbons (Fsp3) is 0.217. The SMILES string of the molecule is O=[N+]([O-])c1ccc([C@@H]2CC(c3ccccc3)C[C@H](c3ccc([N+](=O)[O-])cc3)O2)cc1. The summed E-state index contributed by atoms with van der Waals surface area (Å²) in [5, 5.41) is 21.9. The van der Waals surface area contributed by atoms with Crippen LogP contribution < -0.4 is 0 Å². The normalized spacial score (nSPS) is 21.1. The summed E-state index contributed by atoms with van der Waals surface area (Å²) in [6.07, 6.45) is 1.05. The highest BCUT2D eigenvalue weighted by molar-refractivity contribution is 5.36. The number of hydrogen-bond acceptors (Lipinski definition) is 5. The molecule has 1 fully saturated rings. The van der Waals surface area contributed by atoms with E-state index in [-0.39, 0.29) is 29.5 Å². The Hall–Kier alpha value is -3.58. The first-order valence-electron chi connectivity index (χ1n) is 9.70. The number of rotatable bonds is 5. The highest BCUT2D eigenvalue weighted by Crippen LogP contribution is 2.46. The Morgan fingerprint density at radius 3 is 1.47 bits per heavy atom. The highest BCUT2D eigenvalue weighted by atomic mass is 16.6. The van der Waals surface area contributed by atoms with Crippen molar-refractivity contribution in [2.75, 3.05) is 0 Å². The van der Waals surface area contributed by atoms with Gasteiger partial charge in [-0.05, 0) is 59.7 Å². The van der Waals surface area contributed by atoms with E-state index in [9.17, 15) is 20.2 Å². The Morgan fingerprint density at radius 1 is 0.633 bits per heavy atom. The van der Waals surface area contributed by atoms with E-state index in [1.54, 1.807) is 24.3 Å². The van der Waals surface area contributed by atoms with Crippen LogP contribution in [0.25, 0.3) is 0 Å². The molecule has 152 valence electrons. The summed E-state index contributed by atoms with van der Waals surface area (Å²) in [4.78, 5) is 21.1. The molecule has 4 rings (SSSR count). The lowest BCUT2D eigenvalue weighted by Crippen LogP contribution is -2.22. The van der Waals surface area contributed by atoms with E-state index in [1.165, 1.54) is 29.8 Å².